The van der Waals surface area contributed by atoms with E-state index in [4.69, 9.17) is 13.8 Å². The highest BCUT2D eigenvalue weighted by molar-refractivity contribution is 7.98. The Bertz CT molecular complexity index is 816. The number of hydrogen-bond donors (Lipinski definition) is 0. The summed E-state index contributed by atoms with van der Waals surface area (Å²) in [4.78, 5) is 6.74. The highest BCUT2D eigenvalue weighted by Crippen LogP contribution is 2.45. The molecule has 8 heteroatoms. The van der Waals surface area contributed by atoms with Crippen molar-refractivity contribution in [1.82, 2.24) is 5.06 Å². The second kappa shape index (κ2) is 6.92. The van der Waals surface area contributed by atoms with Gasteiger partial charge in [0.05, 0.1) is 6.26 Å². The van der Waals surface area contributed by atoms with E-state index in [9.17, 15) is 8.42 Å². The third-order valence-electron chi connectivity index (χ3n) is 4.27. The van der Waals surface area contributed by atoms with E-state index in [1.165, 1.54) is 0 Å². The third kappa shape index (κ3) is 4.43. The Morgan fingerprint density at radius 3 is 2.54 bits per heavy atom. The van der Waals surface area contributed by atoms with Gasteiger partial charge in [0, 0.05) is 17.5 Å². The Balaban J connectivity index is 1.79. The number of ether oxygens (including phenoxy) is 1. The smallest absolute Gasteiger partial charge is 0.264 e. The summed E-state index contributed by atoms with van der Waals surface area (Å²) in [5.74, 6) is 0.653. The van der Waals surface area contributed by atoms with Crippen LogP contribution in [0.15, 0.2) is 53.6 Å². The lowest BCUT2D eigenvalue weighted by Crippen LogP contribution is -2.47. The van der Waals surface area contributed by atoms with Gasteiger partial charge in [0.2, 0.25) is 5.72 Å². The molecule has 2 unspecified atom stereocenters. The molecular weight excluding hydrogens is 374 g/mol. The van der Waals surface area contributed by atoms with Crippen molar-refractivity contribution in [3.63, 3.8) is 0 Å². The van der Waals surface area contributed by atoms with Gasteiger partial charge >= 0.3 is 0 Å². The molecule has 2 heterocycles. The quantitative estimate of drug-likeness (QED) is 0.379. The molecule has 1 aromatic rings. The maximum absolute atomic E-state index is 11.8. The number of rotatable bonds is 8. The Morgan fingerprint density at radius 1 is 1.27 bits per heavy atom. The van der Waals surface area contributed by atoms with E-state index in [0.29, 0.717) is 12.2 Å². The minimum atomic E-state index is -3.67. The summed E-state index contributed by atoms with van der Waals surface area (Å²) in [5, 5.41) is 1.68. The van der Waals surface area contributed by atoms with Crippen LogP contribution in [0.3, 0.4) is 0 Å². The van der Waals surface area contributed by atoms with Crippen LogP contribution < -0.4 is 4.74 Å². The van der Waals surface area contributed by atoms with E-state index in [1.54, 1.807) is 23.0 Å². The Kier molecular flexibility index (Phi) is 5.13. The number of benzene rings is 1. The Morgan fingerprint density at radius 2 is 1.96 bits per heavy atom. The van der Waals surface area contributed by atoms with Gasteiger partial charge in [0.25, 0.3) is 10.1 Å². The largest absolute Gasteiger partial charge is 0.485 e. The standard InChI is InChI=1S/C18H23NO5S2/c1-17(2,22-14-7-9-15(25-3)10-8-14)16(23-26(4,20)21)13-18-11-5-6-12-19(18)24-18/h5-12,16H,13H2,1-4H3. The molecule has 26 heavy (non-hydrogen) atoms. The Hall–Kier alpha value is -1.48. The number of hydrogen-bond acceptors (Lipinski definition) is 7. The van der Waals surface area contributed by atoms with Gasteiger partial charge in [0.1, 0.15) is 17.5 Å². The van der Waals surface area contributed by atoms with Crippen LogP contribution in [0, 0.1) is 0 Å². The zero-order valence-electron chi connectivity index (χ0n) is 15.2. The van der Waals surface area contributed by atoms with Crippen molar-refractivity contribution in [2.75, 3.05) is 12.5 Å². The molecule has 0 N–H and O–H groups in total. The van der Waals surface area contributed by atoms with Gasteiger partial charge in [-0.2, -0.15) is 8.42 Å². The molecule has 2 aliphatic heterocycles. The second-order valence-electron chi connectivity index (χ2n) is 6.84. The van der Waals surface area contributed by atoms with Crippen molar-refractivity contribution in [1.29, 1.82) is 0 Å². The fourth-order valence-electron chi connectivity index (χ4n) is 2.82. The summed E-state index contributed by atoms with van der Waals surface area (Å²) in [7, 11) is -3.67. The Labute approximate surface area is 158 Å². The molecule has 0 bridgehead atoms. The van der Waals surface area contributed by atoms with E-state index in [2.05, 4.69) is 0 Å². The molecule has 0 radical (unpaired) electrons. The molecule has 1 aromatic carbocycles. The summed E-state index contributed by atoms with van der Waals surface area (Å²) in [5.41, 5.74) is -1.57. The molecule has 3 rings (SSSR count). The average Bonchev–Trinajstić information content (AvgIpc) is 3.27. The zero-order valence-corrected chi connectivity index (χ0v) is 16.8. The molecule has 2 atom stereocenters. The number of fused-ring (bicyclic) bond motifs is 1. The average molecular weight is 398 g/mol. The summed E-state index contributed by atoms with van der Waals surface area (Å²) in [6.07, 6.45) is 10.0. The van der Waals surface area contributed by atoms with Crippen molar-refractivity contribution in [2.45, 2.75) is 42.6 Å². The first-order valence-electron chi connectivity index (χ1n) is 8.19. The van der Waals surface area contributed by atoms with Crippen LogP contribution in [0.25, 0.3) is 0 Å². The summed E-state index contributed by atoms with van der Waals surface area (Å²) in [6.45, 7) is 3.63. The normalized spacial score (nSPS) is 22.8. The molecule has 0 spiro atoms. The van der Waals surface area contributed by atoms with Crippen molar-refractivity contribution in [3.05, 3.63) is 48.7 Å². The highest BCUT2D eigenvalue weighted by atomic mass is 32.2. The summed E-state index contributed by atoms with van der Waals surface area (Å²) < 4.78 is 35.1. The van der Waals surface area contributed by atoms with Gasteiger partial charge in [-0.25, -0.2) is 9.90 Å². The first kappa shape index (κ1) is 19.3. The lowest BCUT2D eigenvalue weighted by atomic mass is 9.93. The van der Waals surface area contributed by atoms with Crippen LogP contribution in [-0.4, -0.2) is 43.4 Å². The fourth-order valence-corrected chi connectivity index (χ4v) is 3.95. The number of hydroxylamine groups is 2. The molecular formula is C18H23NO5S2. The molecule has 0 saturated carbocycles. The predicted molar refractivity (Wildman–Crippen MR) is 101 cm³/mol. The van der Waals surface area contributed by atoms with E-state index in [0.717, 1.165) is 11.2 Å². The van der Waals surface area contributed by atoms with Crippen LogP contribution in [0.5, 0.6) is 5.75 Å². The lowest BCUT2D eigenvalue weighted by molar-refractivity contribution is -0.0217. The predicted octanol–water partition coefficient (Wildman–Crippen LogP) is 3.33. The van der Waals surface area contributed by atoms with Crippen molar-refractivity contribution >= 4 is 21.9 Å². The monoisotopic (exact) mass is 397 g/mol. The fraction of sp³-hybridized carbons (Fsp3) is 0.444. The molecule has 0 amide bonds. The molecule has 1 fully saturated rings. The van der Waals surface area contributed by atoms with Gasteiger partial charge in [-0.05, 0) is 56.5 Å². The van der Waals surface area contributed by atoms with E-state index >= 15 is 0 Å². The number of thioether (sulfide) groups is 1. The van der Waals surface area contributed by atoms with Gasteiger partial charge in [-0.1, -0.05) is 6.08 Å². The maximum atomic E-state index is 11.8. The van der Waals surface area contributed by atoms with Crippen LogP contribution in [0.1, 0.15) is 20.3 Å². The van der Waals surface area contributed by atoms with Crippen LogP contribution in [0.4, 0.5) is 0 Å². The lowest BCUT2D eigenvalue weighted by Gasteiger charge is -2.34. The number of nitrogens with zero attached hydrogens (tertiary/aromatic N) is 1. The minimum Gasteiger partial charge on any atom is -0.485 e. The molecule has 1 saturated heterocycles. The topological polar surface area (TPSA) is 68.1 Å². The second-order valence-corrected chi connectivity index (χ2v) is 9.32. The molecule has 0 aliphatic carbocycles. The third-order valence-corrected chi connectivity index (χ3v) is 5.60. The maximum Gasteiger partial charge on any atom is 0.264 e. The first-order valence-corrected chi connectivity index (χ1v) is 11.2. The molecule has 2 aliphatic rings. The summed E-state index contributed by atoms with van der Waals surface area (Å²) >= 11 is 1.64. The first-order chi connectivity index (χ1) is 12.1. The van der Waals surface area contributed by atoms with E-state index in [1.807, 2.05) is 62.6 Å². The van der Waals surface area contributed by atoms with Crippen LogP contribution >= 0.6 is 11.8 Å². The number of allylic oxidation sites excluding steroid dienone is 2. The van der Waals surface area contributed by atoms with Gasteiger partial charge in [0.15, 0.2) is 0 Å². The molecule has 6 nitrogen and oxygen atoms in total. The van der Waals surface area contributed by atoms with E-state index in [-0.39, 0.29) is 0 Å². The molecule has 142 valence electrons. The highest BCUT2D eigenvalue weighted by Gasteiger charge is 2.56. The van der Waals surface area contributed by atoms with Crippen LogP contribution in [-0.2, 0) is 19.1 Å². The van der Waals surface area contributed by atoms with E-state index < -0.39 is 27.5 Å². The van der Waals surface area contributed by atoms with Gasteiger partial charge in [-0.15, -0.1) is 11.8 Å². The van der Waals surface area contributed by atoms with Crippen LogP contribution in [0.2, 0.25) is 0 Å². The van der Waals surface area contributed by atoms with Crippen molar-refractivity contribution in [2.24, 2.45) is 0 Å². The minimum absolute atomic E-state index is 0.316. The zero-order chi connectivity index (χ0) is 19.0. The van der Waals surface area contributed by atoms with Crippen molar-refractivity contribution in [3.8, 4) is 5.75 Å². The SMILES string of the molecule is CSc1ccc(OC(C)(C)C(CC23C=CC=CN2O3)OS(C)(=O)=O)cc1. The van der Waals surface area contributed by atoms with Gasteiger partial charge in [-0.3, -0.25) is 4.18 Å². The molecule has 0 aromatic heterocycles. The van der Waals surface area contributed by atoms with Gasteiger partial charge < -0.3 is 4.74 Å². The summed E-state index contributed by atoms with van der Waals surface area (Å²) in [6, 6.07) is 7.66. The van der Waals surface area contributed by atoms with Crippen molar-refractivity contribution < 1.29 is 22.2 Å².